The Balaban J connectivity index is 2.21. The molecule has 0 heterocycles. The van der Waals surface area contributed by atoms with Gasteiger partial charge < -0.3 is 5.11 Å². The Hall–Kier alpha value is -0.980. The topological polar surface area (TPSA) is 57.6 Å². The van der Waals surface area contributed by atoms with Gasteiger partial charge in [0.05, 0.1) is 4.90 Å². The quantitative estimate of drug-likeness (QED) is 0.927. The molecule has 1 saturated carbocycles. The number of rotatable bonds is 4. The van der Waals surface area contributed by atoms with Crippen molar-refractivity contribution >= 4 is 10.0 Å². The first kappa shape index (κ1) is 16.4. The first-order valence-corrected chi connectivity index (χ1v) is 8.66. The summed E-state index contributed by atoms with van der Waals surface area (Å²) in [5, 5.41) is 9.15. The van der Waals surface area contributed by atoms with Crippen molar-refractivity contribution in [3.05, 3.63) is 29.6 Å². The van der Waals surface area contributed by atoms with Crippen molar-refractivity contribution in [2.24, 2.45) is 5.92 Å². The van der Waals surface area contributed by atoms with Gasteiger partial charge in [-0.3, -0.25) is 0 Å². The predicted octanol–water partition coefficient (Wildman–Crippen LogP) is 2.31. The molecule has 0 aliphatic heterocycles. The minimum atomic E-state index is -3.69. The third-order valence-electron chi connectivity index (χ3n) is 4.46. The normalized spacial score (nSPS) is 23.5. The van der Waals surface area contributed by atoms with Crippen molar-refractivity contribution in [2.75, 3.05) is 13.7 Å². The molecule has 0 saturated heterocycles. The molecule has 0 radical (unpaired) electrons. The number of nitrogens with zero attached hydrogens (tertiary/aromatic N) is 1. The Morgan fingerprint density at radius 2 is 1.90 bits per heavy atom. The molecule has 1 N–H and O–H groups in total. The lowest BCUT2D eigenvalue weighted by atomic mass is 9.87. The van der Waals surface area contributed by atoms with Crippen LogP contribution in [0.5, 0.6) is 0 Å². The first-order valence-electron chi connectivity index (χ1n) is 7.22. The summed E-state index contributed by atoms with van der Waals surface area (Å²) >= 11 is 0. The number of hydrogen-bond donors (Lipinski definition) is 1. The maximum Gasteiger partial charge on any atom is 0.243 e. The molecule has 1 aliphatic rings. The van der Waals surface area contributed by atoms with Crippen LogP contribution < -0.4 is 0 Å². The lowest BCUT2D eigenvalue weighted by Gasteiger charge is -2.33. The van der Waals surface area contributed by atoms with Crippen LogP contribution in [0.3, 0.4) is 0 Å². The zero-order chi connectivity index (χ0) is 15.6. The third kappa shape index (κ3) is 3.27. The highest BCUT2D eigenvalue weighted by Crippen LogP contribution is 2.30. The Morgan fingerprint density at radius 1 is 1.29 bits per heavy atom. The molecule has 6 heteroatoms. The number of aliphatic hydroxyl groups is 1. The summed E-state index contributed by atoms with van der Waals surface area (Å²) < 4.78 is 40.3. The van der Waals surface area contributed by atoms with Crippen LogP contribution in [0.2, 0.25) is 0 Å². The molecule has 1 fully saturated rings. The predicted molar refractivity (Wildman–Crippen MR) is 78.9 cm³/mol. The van der Waals surface area contributed by atoms with E-state index in [1.54, 1.807) is 7.05 Å². The minimum absolute atomic E-state index is 0.0364. The van der Waals surface area contributed by atoms with Crippen LogP contribution in [0.25, 0.3) is 0 Å². The van der Waals surface area contributed by atoms with E-state index in [-0.39, 0.29) is 29.0 Å². The molecule has 2 rings (SSSR count). The molecule has 118 valence electrons. The summed E-state index contributed by atoms with van der Waals surface area (Å²) in [6.07, 6.45) is 3.11. The summed E-state index contributed by atoms with van der Waals surface area (Å²) in [6.45, 7) is 1.64. The molecule has 21 heavy (non-hydrogen) atoms. The standard InChI is InChI=1S/C15H22FNO3S/c1-11-14(16)4-3-5-15(11)21(19,20)17(2)13-8-6-12(10-18)7-9-13/h3-5,12-13,18H,6-10H2,1-2H3. The fraction of sp³-hybridized carbons (Fsp3) is 0.600. The molecule has 0 amide bonds. The van der Waals surface area contributed by atoms with Gasteiger partial charge in [0.15, 0.2) is 0 Å². The fourth-order valence-electron chi connectivity index (χ4n) is 2.91. The third-order valence-corrected chi connectivity index (χ3v) is 6.52. The number of sulfonamides is 1. The van der Waals surface area contributed by atoms with Gasteiger partial charge in [-0.25, -0.2) is 12.8 Å². The molecule has 1 aliphatic carbocycles. The van der Waals surface area contributed by atoms with Gasteiger partial charge >= 0.3 is 0 Å². The van der Waals surface area contributed by atoms with E-state index in [0.717, 1.165) is 25.7 Å². The van der Waals surface area contributed by atoms with E-state index in [2.05, 4.69) is 0 Å². The van der Waals surface area contributed by atoms with Gasteiger partial charge in [0.2, 0.25) is 10.0 Å². The molecule has 0 bridgehead atoms. The number of halogens is 1. The Bertz CT molecular complexity index is 595. The molecule has 0 atom stereocenters. The van der Waals surface area contributed by atoms with Gasteiger partial charge in [0.25, 0.3) is 0 Å². The van der Waals surface area contributed by atoms with Gasteiger partial charge in [-0.05, 0) is 50.7 Å². The molecule has 0 aromatic heterocycles. The molecule has 1 aromatic rings. The van der Waals surface area contributed by atoms with Crippen molar-refractivity contribution in [1.29, 1.82) is 0 Å². The number of benzene rings is 1. The fourth-order valence-corrected chi connectivity index (χ4v) is 4.56. The smallest absolute Gasteiger partial charge is 0.243 e. The Morgan fingerprint density at radius 3 is 2.48 bits per heavy atom. The van der Waals surface area contributed by atoms with Crippen LogP contribution in [0, 0.1) is 18.7 Å². The minimum Gasteiger partial charge on any atom is -0.396 e. The summed E-state index contributed by atoms with van der Waals surface area (Å²) in [5.74, 6) is -0.235. The van der Waals surface area contributed by atoms with Gasteiger partial charge in [0, 0.05) is 25.3 Å². The van der Waals surface area contributed by atoms with Crippen LogP contribution in [0.15, 0.2) is 23.1 Å². The molecular weight excluding hydrogens is 293 g/mol. The zero-order valence-electron chi connectivity index (χ0n) is 12.4. The summed E-state index contributed by atoms with van der Waals surface area (Å²) in [5.41, 5.74) is 0.161. The highest BCUT2D eigenvalue weighted by atomic mass is 32.2. The molecular formula is C15H22FNO3S. The van der Waals surface area contributed by atoms with E-state index >= 15 is 0 Å². The van der Waals surface area contributed by atoms with E-state index in [4.69, 9.17) is 5.11 Å². The van der Waals surface area contributed by atoms with Crippen LogP contribution in [-0.4, -0.2) is 37.5 Å². The van der Waals surface area contributed by atoms with Crippen LogP contribution >= 0.6 is 0 Å². The number of aliphatic hydroxyl groups excluding tert-OH is 1. The van der Waals surface area contributed by atoms with Crippen molar-refractivity contribution in [1.82, 2.24) is 4.31 Å². The van der Waals surface area contributed by atoms with Crippen molar-refractivity contribution in [3.8, 4) is 0 Å². The summed E-state index contributed by atoms with van der Waals surface area (Å²) in [4.78, 5) is 0.0364. The van der Waals surface area contributed by atoms with Gasteiger partial charge in [0.1, 0.15) is 5.82 Å². The molecule has 1 aromatic carbocycles. The second-order valence-electron chi connectivity index (χ2n) is 5.74. The van der Waals surface area contributed by atoms with Crippen LogP contribution in [0.4, 0.5) is 4.39 Å². The first-order chi connectivity index (χ1) is 9.87. The largest absolute Gasteiger partial charge is 0.396 e. The van der Waals surface area contributed by atoms with Gasteiger partial charge in [-0.1, -0.05) is 6.07 Å². The van der Waals surface area contributed by atoms with E-state index in [1.807, 2.05) is 0 Å². The van der Waals surface area contributed by atoms with E-state index in [1.165, 1.54) is 29.4 Å². The van der Waals surface area contributed by atoms with E-state index < -0.39 is 15.8 Å². The zero-order valence-corrected chi connectivity index (χ0v) is 13.2. The average Bonchev–Trinajstić information content (AvgIpc) is 2.49. The highest BCUT2D eigenvalue weighted by molar-refractivity contribution is 7.89. The van der Waals surface area contributed by atoms with Gasteiger partial charge in [-0.2, -0.15) is 4.31 Å². The molecule has 4 nitrogen and oxygen atoms in total. The van der Waals surface area contributed by atoms with E-state index in [9.17, 15) is 12.8 Å². The SMILES string of the molecule is Cc1c(F)cccc1S(=O)(=O)N(C)C1CCC(CO)CC1. The maximum atomic E-state index is 13.6. The molecule has 0 spiro atoms. The highest BCUT2D eigenvalue weighted by Gasteiger charge is 2.32. The van der Waals surface area contributed by atoms with Crippen molar-refractivity contribution < 1.29 is 17.9 Å². The second kappa shape index (κ2) is 6.42. The summed E-state index contributed by atoms with van der Waals surface area (Å²) in [7, 11) is -2.13. The van der Waals surface area contributed by atoms with Crippen molar-refractivity contribution in [3.63, 3.8) is 0 Å². The van der Waals surface area contributed by atoms with E-state index in [0.29, 0.717) is 0 Å². The summed E-state index contributed by atoms with van der Waals surface area (Å²) in [6, 6.07) is 4.05. The maximum absolute atomic E-state index is 13.6. The lowest BCUT2D eigenvalue weighted by molar-refractivity contribution is 0.159. The van der Waals surface area contributed by atoms with Crippen LogP contribution in [0.1, 0.15) is 31.2 Å². The van der Waals surface area contributed by atoms with Gasteiger partial charge in [-0.15, -0.1) is 0 Å². The Labute approximate surface area is 125 Å². The average molecular weight is 315 g/mol. The molecule has 0 unspecified atom stereocenters. The second-order valence-corrected chi connectivity index (χ2v) is 7.71. The number of hydrogen-bond acceptors (Lipinski definition) is 3. The monoisotopic (exact) mass is 315 g/mol. The Kier molecular flexibility index (Phi) is 5.01. The lowest BCUT2D eigenvalue weighted by Crippen LogP contribution is -2.40. The van der Waals surface area contributed by atoms with Crippen LogP contribution in [-0.2, 0) is 10.0 Å². The van der Waals surface area contributed by atoms with Crippen molar-refractivity contribution in [2.45, 2.75) is 43.5 Å².